The number of benzene rings is 1. The largest absolute Gasteiger partial charge is 0.439 e. The van der Waals surface area contributed by atoms with Gasteiger partial charge in [0, 0.05) is 12.5 Å². The molecule has 0 saturated heterocycles. The third kappa shape index (κ3) is 5.18. The zero-order valence-corrected chi connectivity index (χ0v) is 12.9. The second-order valence-electron chi connectivity index (χ2n) is 5.06. The van der Waals surface area contributed by atoms with E-state index in [-0.39, 0.29) is 5.91 Å². The normalized spacial score (nSPS) is 10.3. The molecule has 0 bridgehead atoms. The molecule has 0 aliphatic carbocycles. The molecule has 0 radical (unpaired) electrons. The maximum atomic E-state index is 11.7. The van der Waals surface area contributed by atoms with Crippen LogP contribution in [-0.2, 0) is 4.79 Å². The zero-order chi connectivity index (χ0) is 15.8. The van der Waals surface area contributed by atoms with E-state index in [1.165, 1.54) is 5.56 Å². The summed E-state index contributed by atoms with van der Waals surface area (Å²) in [5.41, 5.74) is 1.85. The van der Waals surface area contributed by atoms with E-state index in [1.54, 1.807) is 18.3 Å². The van der Waals surface area contributed by atoms with E-state index in [1.807, 2.05) is 38.2 Å². The minimum absolute atomic E-state index is 0.00995. The average molecular weight is 299 g/mol. The molecular formula is C17H21N3O2. The minimum Gasteiger partial charge on any atom is -0.439 e. The first kappa shape index (κ1) is 16.0. The number of hydrogen-bond donors (Lipinski definition) is 2. The van der Waals surface area contributed by atoms with Crippen LogP contribution in [0.1, 0.15) is 18.4 Å². The summed E-state index contributed by atoms with van der Waals surface area (Å²) in [4.78, 5) is 15.9. The summed E-state index contributed by atoms with van der Waals surface area (Å²) in [6.07, 6.45) is 2.90. The summed E-state index contributed by atoms with van der Waals surface area (Å²) in [6.45, 7) is 2.85. The highest BCUT2D eigenvalue weighted by Gasteiger charge is 2.03. The van der Waals surface area contributed by atoms with Gasteiger partial charge in [0.1, 0.15) is 5.75 Å². The van der Waals surface area contributed by atoms with Gasteiger partial charge < -0.3 is 15.4 Å². The van der Waals surface area contributed by atoms with Crippen LogP contribution in [0.15, 0.2) is 42.6 Å². The number of rotatable bonds is 7. The van der Waals surface area contributed by atoms with Crippen molar-refractivity contribution in [3.8, 4) is 11.6 Å². The Morgan fingerprint density at radius 3 is 2.59 bits per heavy atom. The number of nitrogens with one attached hydrogen (secondary N) is 2. The summed E-state index contributed by atoms with van der Waals surface area (Å²) in [7, 11) is 1.87. The number of aromatic nitrogens is 1. The molecule has 0 saturated carbocycles. The van der Waals surface area contributed by atoms with Gasteiger partial charge in [0.15, 0.2) is 0 Å². The van der Waals surface area contributed by atoms with Gasteiger partial charge in [0.25, 0.3) is 0 Å². The molecule has 2 N–H and O–H groups in total. The smallest absolute Gasteiger partial charge is 0.224 e. The van der Waals surface area contributed by atoms with E-state index < -0.39 is 0 Å². The highest BCUT2D eigenvalue weighted by molar-refractivity contribution is 5.90. The Bertz CT molecular complexity index is 594. The third-order valence-electron chi connectivity index (χ3n) is 3.09. The van der Waals surface area contributed by atoms with Crippen LogP contribution in [0.25, 0.3) is 0 Å². The SMILES string of the molecule is CNCCCC(=O)Nc1ccc(Oc2ccc(C)cc2)nc1. The minimum atomic E-state index is -0.00995. The van der Waals surface area contributed by atoms with Crippen LogP contribution < -0.4 is 15.4 Å². The van der Waals surface area contributed by atoms with E-state index in [4.69, 9.17) is 4.74 Å². The van der Waals surface area contributed by atoms with Gasteiger partial charge in [-0.05, 0) is 45.1 Å². The van der Waals surface area contributed by atoms with E-state index >= 15 is 0 Å². The van der Waals surface area contributed by atoms with Gasteiger partial charge in [-0.15, -0.1) is 0 Å². The quantitative estimate of drug-likeness (QED) is 0.771. The molecule has 0 aliphatic rings. The molecule has 0 aliphatic heterocycles. The Morgan fingerprint density at radius 2 is 1.95 bits per heavy atom. The standard InChI is InChI=1S/C17H21N3O2/c1-13-5-8-15(9-6-13)22-17-10-7-14(12-19-17)20-16(21)4-3-11-18-2/h5-10,12,18H,3-4,11H2,1-2H3,(H,20,21). The number of carbonyl (C=O) groups excluding carboxylic acids is 1. The monoisotopic (exact) mass is 299 g/mol. The molecule has 1 aromatic heterocycles. The van der Waals surface area contributed by atoms with Gasteiger partial charge in [0.05, 0.1) is 11.9 Å². The summed E-state index contributed by atoms with van der Waals surface area (Å²) >= 11 is 0. The fraction of sp³-hybridized carbons (Fsp3) is 0.294. The van der Waals surface area contributed by atoms with Crippen LogP contribution in [0.3, 0.4) is 0 Å². The van der Waals surface area contributed by atoms with Crippen molar-refractivity contribution in [1.82, 2.24) is 10.3 Å². The Labute approximate surface area is 130 Å². The van der Waals surface area contributed by atoms with Crippen LogP contribution in [-0.4, -0.2) is 24.5 Å². The number of aryl methyl sites for hydroxylation is 1. The van der Waals surface area contributed by atoms with Crippen LogP contribution in [0.5, 0.6) is 11.6 Å². The van der Waals surface area contributed by atoms with Gasteiger partial charge in [0.2, 0.25) is 11.8 Å². The molecule has 1 heterocycles. The van der Waals surface area contributed by atoms with Crippen LogP contribution in [0.2, 0.25) is 0 Å². The predicted molar refractivity (Wildman–Crippen MR) is 87.3 cm³/mol. The number of ether oxygens (including phenoxy) is 1. The Kier molecular flexibility index (Phi) is 5.91. The van der Waals surface area contributed by atoms with Gasteiger partial charge in [-0.25, -0.2) is 4.98 Å². The Balaban J connectivity index is 1.87. The molecule has 0 unspecified atom stereocenters. The van der Waals surface area contributed by atoms with Gasteiger partial charge in [-0.2, -0.15) is 0 Å². The fourth-order valence-corrected chi connectivity index (χ4v) is 1.89. The van der Waals surface area contributed by atoms with Gasteiger partial charge in [-0.3, -0.25) is 4.79 Å². The second-order valence-corrected chi connectivity index (χ2v) is 5.06. The Hall–Kier alpha value is -2.40. The second kappa shape index (κ2) is 8.14. The van der Waals surface area contributed by atoms with Crippen molar-refractivity contribution in [1.29, 1.82) is 0 Å². The summed E-state index contributed by atoms with van der Waals surface area (Å²) in [6, 6.07) is 11.3. The highest BCUT2D eigenvalue weighted by atomic mass is 16.5. The van der Waals surface area contributed by atoms with E-state index in [9.17, 15) is 4.79 Å². The number of carbonyl (C=O) groups is 1. The van der Waals surface area contributed by atoms with Crippen molar-refractivity contribution < 1.29 is 9.53 Å². The number of pyridine rings is 1. The predicted octanol–water partition coefficient (Wildman–Crippen LogP) is 3.12. The maximum Gasteiger partial charge on any atom is 0.224 e. The molecule has 5 nitrogen and oxygen atoms in total. The molecule has 5 heteroatoms. The summed E-state index contributed by atoms with van der Waals surface area (Å²) in [5.74, 6) is 1.23. The zero-order valence-electron chi connectivity index (χ0n) is 12.9. The number of nitrogens with zero attached hydrogens (tertiary/aromatic N) is 1. The van der Waals surface area contributed by atoms with Crippen LogP contribution in [0.4, 0.5) is 5.69 Å². The molecule has 2 rings (SSSR count). The van der Waals surface area contributed by atoms with E-state index in [2.05, 4.69) is 15.6 Å². The first-order valence-corrected chi connectivity index (χ1v) is 7.32. The van der Waals surface area contributed by atoms with Crippen molar-refractivity contribution in [3.05, 3.63) is 48.2 Å². The number of hydrogen-bond acceptors (Lipinski definition) is 4. The van der Waals surface area contributed by atoms with E-state index in [0.29, 0.717) is 18.0 Å². The molecule has 22 heavy (non-hydrogen) atoms. The fourth-order valence-electron chi connectivity index (χ4n) is 1.89. The first-order valence-electron chi connectivity index (χ1n) is 7.32. The van der Waals surface area contributed by atoms with Crippen molar-refractivity contribution in [3.63, 3.8) is 0 Å². The highest BCUT2D eigenvalue weighted by Crippen LogP contribution is 2.20. The summed E-state index contributed by atoms with van der Waals surface area (Å²) < 4.78 is 5.64. The molecule has 1 amide bonds. The lowest BCUT2D eigenvalue weighted by Crippen LogP contribution is -2.15. The van der Waals surface area contributed by atoms with Gasteiger partial charge in [-0.1, -0.05) is 17.7 Å². The molecule has 0 fully saturated rings. The van der Waals surface area contributed by atoms with Crippen molar-refractivity contribution in [2.24, 2.45) is 0 Å². The number of anilines is 1. The van der Waals surface area contributed by atoms with Crippen LogP contribution >= 0.6 is 0 Å². The van der Waals surface area contributed by atoms with Crippen LogP contribution in [0, 0.1) is 6.92 Å². The Morgan fingerprint density at radius 1 is 1.18 bits per heavy atom. The van der Waals surface area contributed by atoms with Crippen molar-refractivity contribution in [2.45, 2.75) is 19.8 Å². The molecule has 2 aromatic rings. The average Bonchev–Trinajstić information content (AvgIpc) is 2.52. The third-order valence-corrected chi connectivity index (χ3v) is 3.09. The summed E-state index contributed by atoms with van der Waals surface area (Å²) in [5, 5.41) is 5.83. The van der Waals surface area contributed by atoms with E-state index in [0.717, 1.165) is 18.7 Å². The molecule has 1 aromatic carbocycles. The lowest BCUT2D eigenvalue weighted by molar-refractivity contribution is -0.116. The molecule has 116 valence electrons. The molecular weight excluding hydrogens is 278 g/mol. The topological polar surface area (TPSA) is 63.2 Å². The number of amides is 1. The first-order chi connectivity index (χ1) is 10.7. The maximum absolute atomic E-state index is 11.7. The lowest BCUT2D eigenvalue weighted by Gasteiger charge is -2.07. The van der Waals surface area contributed by atoms with Gasteiger partial charge >= 0.3 is 0 Å². The lowest BCUT2D eigenvalue weighted by atomic mass is 10.2. The molecule has 0 spiro atoms. The van der Waals surface area contributed by atoms with Crippen molar-refractivity contribution in [2.75, 3.05) is 18.9 Å². The molecule has 0 atom stereocenters. The van der Waals surface area contributed by atoms with Crippen molar-refractivity contribution >= 4 is 11.6 Å².